The SMILES string of the molecule is Cc1ccc(O)c(C(=O)/C=C/C#N)c1. The Balaban J connectivity index is 3.07. The maximum atomic E-state index is 11.4. The standard InChI is InChI=1S/C11H9NO2/c1-8-4-5-11(14)9(7-8)10(13)3-2-6-12/h2-5,7,14H,1H3/b3-2+. The van der Waals surface area contributed by atoms with Crippen LogP contribution in [0.15, 0.2) is 30.4 Å². The number of carbonyl (C=O) groups is 1. The number of nitrogens with zero attached hydrogens (tertiary/aromatic N) is 1. The molecule has 0 spiro atoms. The Hall–Kier alpha value is -2.08. The molecule has 14 heavy (non-hydrogen) atoms. The van der Waals surface area contributed by atoms with Gasteiger partial charge in [-0.25, -0.2) is 0 Å². The van der Waals surface area contributed by atoms with Gasteiger partial charge in [0.1, 0.15) is 5.75 Å². The van der Waals surface area contributed by atoms with E-state index >= 15 is 0 Å². The minimum absolute atomic E-state index is 0.0665. The highest BCUT2D eigenvalue weighted by Gasteiger charge is 2.07. The first-order valence-corrected chi connectivity index (χ1v) is 4.05. The van der Waals surface area contributed by atoms with E-state index in [0.29, 0.717) is 0 Å². The van der Waals surface area contributed by atoms with Crippen molar-refractivity contribution in [3.63, 3.8) is 0 Å². The molecule has 3 heteroatoms. The highest BCUT2D eigenvalue weighted by atomic mass is 16.3. The van der Waals surface area contributed by atoms with E-state index in [2.05, 4.69) is 0 Å². The molecule has 0 heterocycles. The van der Waals surface area contributed by atoms with E-state index in [1.54, 1.807) is 18.2 Å². The van der Waals surface area contributed by atoms with E-state index in [9.17, 15) is 9.90 Å². The maximum absolute atomic E-state index is 11.4. The van der Waals surface area contributed by atoms with E-state index in [-0.39, 0.29) is 17.1 Å². The van der Waals surface area contributed by atoms with Crippen LogP contribution in [-0.2, 0) is 0 Å². The highest BCUT2D eigenvalue weighted by Crippen LogP contribution is 2.18. The largest absolute Gasteiger partial charge is 0.507 e. The van der Waals surface area contributed by atoms with Crippen LogP contribution in [0, 0.1) is 18.3 Å². The smallest absolute Gasteiger partial charge is 0.190 e. The summed E-state index contributed by atoms with van der Waals surface area (Å²) in [4.78, 5) is 11.4. The Labute approximate surface area is 81.9 Å². The lowest BCUT2D eigenvalue weighted by Gasteiger charge is -2.00. The van der Waals surface area contributed by atoms with Gasteiger partial charge in [-0.05, 0) is 25.1 Å². The number of aryl methyl sites for hydroxylation is 1. The van der Waals surface area contributed by atoms with E-state index in [1.807, 2.05) is 6.92 Å². The summed E-state index contributed by atoms with van der Waals surface area (Å²) in [6.45, 7) is 1.82. The van der Waals surface area contributed by atoms with Gasteiger partial charge < -0.3 is 5.11 Å². The van der Waals surface area contributed by atoms with Crippen LogP contribution < -0.4 is 0 Å². The number of rotatable bonds is 2. The molecule has 0 bridgehead atoms. The molecule has 0 unspecified atom stereocenters. The summed E-state index contributed by atoms with van der Waals surface area (Å²) in [5.74, 6) is -0.434. The summed E-state index contributed by atoms with van der Waals surface area (Å²) >= 11 is 0. The number of carbonyl (C=O) groups excluding carboxylic acids is 1. The molecule has 3 nitrogen and oxygen atoms in total. The lowest BCUT2D eigenvalue weighted by atomic mass is 10.1. The van der Waals surface area contributed by atoms with Crippen LogP contribution in [0.5, 0.6) is 5.75 Å². The fraction of sp³-hybridized carbons (Fsp3) is 0.0909. The molecule has 1 rings (SSSR count). The molecule has 0 atom stereocenters. The van der Waals surface area contributed by atoms with Gasteiger partial charge >= 0.3 is 0 Å². The van der Waals surface area contributed by atoms with Gasteiger partial charge in [0.2, 0.25) is 0 Å². The van der Waals surface area contributed by atoms with Gasteiger partial charge in [-0.15, -0.1) is 0 Å². The molecule has 0 aliphatic carbocycles. The van der Waals surface area contributed by atoms with E-state index in [0.717, 1.165) is 17.7 Å². The molecule has 0 saturated carbocycles. The summed E-state index contributed by atoms with van der Waals surface area (Å²) in [7, 11) is 0. The third-order valence-corrected chi connectivity index (χ3v) is 1.73. The fourth-order valence-electron chi connectivity index (χ4n) is 1.05. The number of aromatic hydroxyl groups is 1. The summed E-state index contributed by atoms with van der Waals surface area (Å²) in [5, 5.41) is 17.6. The molecular weight excluding hydrogens is 178 g/mol. The van der Waals surface area contributed by atoms with Gasteiger partial charge in [-0.1, -0.05) is 11.6 Å². The van der Waals surface area contributed by atoms with Gasteiger partial charge in [0.15, 0.2) is 5.78 Å². The lowest BCUT2D eigenvalue weighted by Crippen LogP contribution is -1.95. The number of phenols is 1. The molecule has 0 saturated heterocycles. The second-order valence-electron chi connectivity index (χ2n) is 2.85. The quantitative estimate of drug-likeness (QED) is 0.437. The zero-order chi connectivity index (χ0) is 10.6. The summed E-state index contributed by atoms with van der Waals surface area (Å²) in [6, 6.07) is 6.47. The normalized spacial score (nSPS) is 10.0. The van der Waals surface area contributed by atoms with Crippen molar-refractivity contribution in [2.24, 2.45) is 0 Å². The number of ketones is 1. The van der Waals surface area contributed by atoms with Gasteiger partial charge in [-0.2, -0.15) is 5.26 Å². The minimum atomic E-state index is -0.368. The predicted octanol–water partition coefficient (Wildman–Crippen LogP) is 1.96. The Morgan fingerprint density at radius 3 is 2.93 bits per heavy atom. The number of nitriles is 1. The van der Waals surface area contributed by atoms with Crippen LogP contribution in [0.1, 0.15) is 15.9 Å². The monoisotopic (exact) mass is 187 g/mol. The van der Waals surface area contributed by atoms with Crippen LogP contribution in [0.4, 0.5) is 0 Å². The Morgan fingerprint density at radius 2 is 2.29 bits per heavy atom. The second kappa shape index (κ2) is 4.24. The molecule has 1 aromatic rings. The van der Waals surface area contributed by atoms with E-state index < -0.39 is 0 Å². The molecule has 70 valence electrons. The molecule has 0 amide bonds. The third kappa shape index (κ3) is 2.20. The maximum Gasteiger partial charge on any atom is 0.190 e. The first-order chi connectivity index (χ1) is 6.65. The molecule has 0 fully saturated rings. The molecular formula is C11H9NO2. The van der Waals surface area contributed by atoms with Crippen LogP contribution >= 0.6 is 0 Å². The number of allylic oxidation sites excluding steroid dienone is 2. The topological polar surface area (TPSA) is 61.1 Å². The molecule has 0 aliphatic heterocycles. The van der Waals surface area contributed by atoms with Crippen LogP contribution in [0.2, 0.25) is 0 Å². The Bertz CT molecular complexity index is 427. The van der Waals surface area contributed by atoms with Crippen molar-refractivity contribution in [2.45, 2.75) is 6.92 Å². The van der Waals surface area contributed by atoms with Gasteiger partial charge in [0, 0.05) is 6.08 Å². The van der Waals surface area contributed by atoms with Crippen molar-refractivity contribution in [2.75, 3.05) is 0 Å². The highest BCUT2D eigenvalue weighted by molar-refractivity contribution is 6.06. The van der Waals surface area contributed by atoms with Crippen molar-refractivity contribution in [1.82, 2.24) is 0 Å². The third-order valence-electron chi connectivity index (χ3n) is 1.73. The molecule has 0 radical (unpaired) electrons. The zero-order valence-corrected chi connectivity index (χ0v) is 7.69. The van der Waals surface area contributed by atoms with Crippen molar-refractivity contribution in [1.29, 1.82) is 5.26 Å². The van der Waals surface area contributed by atoms with Gasteiger partial charge in [0.05, 0.1) is 11.6 Å². The number of benzene rings is 1. The summed E-state index contributed by atoms with van der Waals surface area (Å²) in [6.07, 6.45) is 2.22. The summed E-state index contributed by atoms with van der Waals surface area (Å²) < 4.78 is 0. The number of hydrogen-bond acceptors (Lipinski definition) is 3. The summed E-state index contributed by atoms with van der Waals surface area (Å²) in [5.41, 5.74) is 1.10. The molecule has 0 aliphatic rings. The molecule has 1 aromatic carbocycles. The molecule has 1 N–H and O–H groups in total. The van der Waals surface area contributed by atoms with E-state index in [4.69, 9.17) is 5.26 Å². The first-order valence-electron chi connectivity index (χ1n) is 4.05. The van der Waals surface area contributed by atoms with Gasteiger partial charge in [0.25, 0.3) is 0 Å². The predicted molar refractivity (Wildman–Crippen MR) is 51.9 cm³/mol. The van der Waals surface area contributed by atoms with Crippen molar-refractivity contribution < 1.29 is 9.90 Å². The Kier molecular flexibility index (Phi) is 3.03. The zero-order valence-electron chi connectivity index (χ0n) is 7.69. The van der Waals surface area contributed by atoms with Crippen molar-refractivity contribution in [3.05, 3.63) is 41.5 Å². The lowest BCUT2D eigenvalue weighted by molar-refractivity contribution is 0.104. The number of phenolic OH excluding ortho intramolecular Hbond substituents is 1. The second-order valence-corrected chi connectivity index (χ2v) is 2.85. The van der Waals surface area contributed by atoms with Crippen LogP contribution in [0.3, 0.4) is 0 Å². The van der Waals surface area contributed by atoms with E-state index in [1.165, 1.54) is 6.07 Å². The molecule has 0 aromatic heterocycles. The Morgan fingerprint density at radius 1 is 1.57 bits per heavy atom. The minimum Gasteiger partial charge on any atom is -0.507 e. The average molecular weight is 187 g/mol. The van der Waals surface area contributed by atoms with Crippen LogP contribution in [-0.4, -0.2) is 10.9 Å². The fourth-order valence-corrected chi connectivity index (χ4v) is 1.05. The van der Waals surface area contributed by atoms with Gasteiger partial charge in [-0.3, -0.25) is 4.79 Å². The van der Waals surface area contributed by atoms with Crippen molar-refractivity contribution in [3.8, 4) is 11.8 Å². The van der Waals surface area contributed by atoms with Crippen LogP contribution in [0.25, 0.3) is 0 Å². The average Bonchev–Trinajstić information content (AvgIpc) is 2.18. The van der Waals surface area contributed by atoms with Crippen molar-refractivity contribution >= 4 is 5.78 Å². The first kappa shape index (κ1) is 10.0. The number of hydrogen-bond donors (Lipinski definition) is 1.